The van der Waals surface area contributed by atoms with Crippen LogP contribution < -0.4 is 10.6 Å². The van der Waals surface area contributed by atoms with Gasteiger partial charge >= 0.3 is 0 Å². The van der Waals surface area contributed by atoms with Crippen molar-refractivity contribution in [1.29, 1.82) is 0 Å². The summed E-state index contributed by atoms with van der Waals surface area (Å²) in [6.07, 6.45) is 8.83. The van der Waals surface area contributed by atoms with Crippen molar-refractivity contribution in [2.24, 2.45) is 16.8 Å². The van der Waals surface area contributed by atoms with Crippen LogP contribution in [-0.4, -0.2) is 51.5 Å². The zero-order valence-corrected chi connectivity index (χ0v) is 15.9. The van der Waals surface area contributed by atoms with E-state index in [-0.39, 0.29) is 0 Å². The fourth-order valence-corrected chi connectivity index (χ4v) is 3.69. The molecule has 0 aromatic carbocycles. The van der Waals surface area contributed by atoms with Crippen molar-refractivity contribution < 1.29 is 9.47 Å². The van der Waals surface area contributed by atoms with Crippen molar-refractivity contribution in [3.05, 3.63) is 0 Å². The fraction of sp³-hybridized carbons (Fsp3) is 0.947. The lowest BCUT2D eigenvalue weighted by Gasteiger charge is -2.32. The van der Waals surface area contributed by atoms with Gasteiger partial charge in [0.1, 0.15) is 0 Å². The summed E-state index contributed by atoms with van der Waals surface area (Å²) in [5.41, 5.74) is 0. The highest BCUT2D eigenvalue weighted by Crippen LogP contribution is 2.29. The van der Waals surface area contributed by atoms with Crippen LogP contribution in [0, 0.1) is 11.8 Å². The number of hydrogen-bond acceptors (Lipinski definition) is 3. The first-order valence-corrected chi connectivity index (χ1v) is 9.85. The number of nitrogens with zero attached hydrogens (tertiary/aromatic N) is 1. The van der Waals surface area contributed by atoms with E-state index in [1.54, 1.807) is 0 Å². The van der Waals surface area contributed by atoms with E-state index in [0.29, 0.717) is 12.1 Å². The Morgan fingerprint density at radius 3 is 2.62 bits per heavy atom. The zero-order chi connectivity index (χ0) is 17.2. The van der Waals surface area contributed by atoms with Gasteiger partial charge in [0.15, 0.2) is 5.96 Å². The predicted octanol–water partition coefficient (Wildman–Crippen LogP) is 2.95. The minimum absolute atomic E-state index is 0.327. The van der Waals surface area contributed by atoms with E-state index in [4.69, 9.17) is 9.47 Å². The Balaban J connectivity index is 1.51. The van der Waals surface area contributed by atoms with Gasteiger partial charge in [-0.2, -0.15) is 0 Å². The largest absolute Gasteiger partial charge is 0.379 e. The van der Waals surface area contributed by atoms with E-state index in [1.807, 2.05) is 7.05 Å². The summed E-state index contributed by atoms with van der Waals surface area (Å²) in [5, 5.41) is 6.99. The summed E-state index contributed by atoms with van der Waals surface area (Å²) in [5.74, 6) is 2.65. The number of guanidine groups is 1. The molecular formula is C19H37N3O2. The highest BCUT2D eigenvalue weighted by atomic mass is 16.5. The molecule has 0 aromatic heterocycles. The highest BCUT2D eigenvalue weighted by molar-refractivity contribution is 5.79. The van der Waals surface area contributed by atoms with Gasteiger partial charge in [-0.05, 0) is 56.8 Å². The molecule has 24 heavy (non-hydrogen) atoms. The first kappa shape index (κ1) is 19.5. The van der Waals surface area contributed by atoms with E-state index < -0.39 is 0 Å². The molecule has 0 radical (unpaired) electrons. The molecule has 1 heterocycles. The molecule has 1 aliphatic heterocycles. The maximum absolute atomic E-state index is 5.69. The normalized spacial score (nSPS) is 28.3. The first-order chi connectivity index (χ1) is 11.7. The molecule has 0 bridgehead atoms. The Kier molecular flexibility index (Phi) is 8.89. The molecule has 2 rings (SSSR count). The van der Waals surface area contributed by atoms with Gasteiger partial charge in [0.05, 0.1) is 12.7 Å². The third kappa shape index (κ3) is 6.98. The molecule has 0 spiro atoms. The second-order valence-corrected chi connectivity index (χ2v) is 7.56. The van der Waals surface area contributed by atoms with E-state index in [1.165, 1.54) is 32.1 Å². The molecule has 5 nitrogen and oxygen atoms in total. The predicted molar refractivity (Wildman–Crippen MR) is 99.5 cm³/mol. The number of nitrogens with one attached hydrogen (secondary N) is 2. The molecule has 0 amide bonds. The summed E-state index contributed by atoms with van der Waals surface area (Å²) in [7, 11) is 1.85. The summed E-state index contributed by atoms with van der Waals surface area (Å²) < 4.78 is 11.2. The third-order valence-electron chi connectivity index (χ3n) is 5.36. The Morgan fingerprint density at radius 2 is 2.00 bits per heavy atom. The number of rotatable bonds is 8. The monoisotopic (exact) mass is 339 g/mol. The third-order valence-corrected chi connectivity index (χ3v) is 5.36. The average Bonchev–Trinajstić information content (AvgIpc) is 3.10. The van der Waals surface area contributed by atoms with Gasteiger partial charge in [0.2, 0.25) is 0 Å². The van der Waals surface area contributed by atoms with Crippen LogP contribution in [0.1, 0.15) is 58.8 Å². The molecular weight excluding hydrogens is 302 g/mol. The number of ether oxygens (including phenoxy) is 2. The molecule has 1 saturated heterocycles. The standard InChI is InChI=1S/C19H37N3O2/c1-15(2)16-7-9-17(10-8-16)22-19(20-3)21-11-5-12-23-14-18-6-4-13-24-18/h15-18H,4-14H2,1-3H3,(H2,20,21,22). The lowest BCUT2D eigenvalue weighted by atomic mass is 9.80. The Bertz CT molecular complexity index is 360. The Morgan fingerprint density at radius 1 is 1.21 bits per heavy atom. The van der Waals surface area contributed by atoms with Crippen LogP contribution >= 0.6 is 0 Å². The van der Waals surface area contributed by atoms with Crippen LogP contribution in [0.3, 0.4) is 0 Å². The quantitative estimate of drug-likeness (QED) is 0.405. The van der Waals surface area contributed by atoms with Gasteiger partial charge in [-0.15, -0.1) is 0 Å². The molecule has 2 N–H and O–H groups in total. The van der Waals surface area contributed by atoms with Crippen LogP contribution in [-0.2, 0) is 9.47 Å². The zero-order valence-electron chi connectivity index (χ0n) is 15.9. The van der Waals surface area contributed by atoms with Crippen molar-refractivity contribution in [2.75, 3.05) is 33.4 Å². The molecule has 1 saturated carbocycles. The molecule has 5 heteroatoms. The van der Waals surface area contributed by atoms with Gasteiger partial charge < -0.3 is 20.1 Å². The van der Waals surface area contributed by atoms with Gasteiger partial charge in [-0.1, -0.05) is 13.8 Å². The minimum atomic E-state index is 0.327. The van der Waals surface area contributed by atoms with Crippen molar-refractivity contribution in [3.8, 4) is 0 Å². The lowest BCUT2D eigenvalue weighted by molar-refractivity contribution is 0.0168. The molecule has 2 fully saturated rings. The molecule has 1 unspecified atom stereocenters. The topological polar surface area (TPSA) is 54.9 Å². The molecule has 0 aromatic rings. The average molecular weight is 340 g/mol. The summed E-state index contributed by atoms with van der Waals surface area (Å²) in [6.45, 7) is 8.01. The van der Waals surface area contributed by atoms with Crippen molar-refractivity contribution in [1.82, 2.24) is 10.6 Å². The number of aliphatic imine (C=N–C) groups is 1. The van der Waals surface area contributed by atoms with Crippen LogP contribution in [0.5, 0.6) is 0 Å². The van der Waals surface area contributed by atoms with Gasteiger partial charge in [-0.25, -0.2) is 0 Å². The fourth-order valence-electron chi connectivity index (χ4n) is 3.69. The van der Waals surface area contributed by atoms with E-state index in [2.05, 4.69) is 29.5 Å². The van der Waals surface area contributed by atoms with E-state index in [9.17, 15) is 0 Å². The first-order valence-electron chi connectivity index (χ1n) is 9.85. The summed E-state index contributed by atoms with van der Waals surface area (Å²) in [6, 6.07) is 0.571. The van der Waals surface area contributed by atoms with Gasteiger partial charge in [0.25, 0.3) is 0 Å². The Labute approximate surface area is 148 Å². The van der Waals surface area contributed by atoms with Crippen molar-refractivity contribution in [3.63, 3.8) is 0 Å². The lowest BCUT2D eigenvalue weighted by Crippen LogP contribution is -2.45. The molecule has 1 aliphatic carbocycles. The molecule has 2 aliphatic rings. The SMILES string of the molecule is CN=C(NCCCOCC1CCCO1)NC1CCC(C(C)C)CC1. The molecule has 140 valence electrons. The van der Waals surface area contributed by atoms with Gasteiger partial charge in [-0.3, -0.25) is 4.99 Å². The minimum Gasteiger partial charge on any atom is -0.379 e. The Hall–Kier alpha value is -0.810. The van der Waals surface area contributed by atoms with Gasteiger partial charge in [0, 0.05) is 32.8 Å². The van der Waals surface area contributed by atoms with Crippen LogP contribution in [0.2, 0.25) is 0 Å². The van der Waals surface area contributed by atoms with Crippen LogP contribution in [0.15, 0.2) is 4.99 Å². The number of hydrogen-bond donors (Lipinski definition) is 2. The van der Waals surface area contributed by atoms with Crippen molar-refractivity contribution >= 4 is 5.96 Å². The van der Waals surface area contributed by atoms with Crippen LogP contribution in [0.4, 0.5) is 0 Å². The second kappa shape index (κ2) is 10.9. The van der Waals surface area contributed by atoms with Crippen LogP contribution in [0.25, 0.3) is 0 Å². The molecule has 1 atom stereocenters. The van der Waals surface area contributed by atoms with E-state index >= 15 is 0 Å². The maximum Gasteiger partial charge on any atom is 0.191 e. The van der Waals surface area contributed by atoms with Crippen molar-refractivity contribution in [2.45, 2.75) is 70.9 Å². The summed E-state index contributed by atoms with van der Waals surface area (Å²) in [4.78, 5) is 4.35. The maximum atomic E-state index is 5.69. The summed E-state index contributed by atoms with van der Waals surface area (Å²) >= 11 is 0. The van der Waals surface area contributed by atoms with E-state index in [0.717, 1.165) is 57.0 Å². The highest BCUT2D eigenvalue weighted by Gasteiger charge is 2.23. The second-order valence-electron chi connectivity index (χ2n) is 7.56. The smallest absolute Gasteiger partial charge is 0.191 e.